The lowest BCUT2D eigenvalue weighted by molar-refractivity contribution is 0.0465. The summed E-state index contributed by atoms with van der Waals surface area (Å²) in [6.07, 6.45) is 1.86. The fourth-order valence-corrected chi connectivity index (χ4v) is 4.87. The van der Waals surface area contributed by atoms with Crippen molar-refractivity contribution in [2.45, 2.75) is 39.8 Å². The van der Waals surface area contributed by atoms with E-state index < -0.39 is 11.9 Å². The number of rotatable bonds is 9. The van der Waals surface area contributed by atoms with Crippen LogP contribution in [0.4, 0.5) is 0 Å². The van der Waals surface area contributed by atoms with E-state index in [0.717, 1.165) is 51.8 Å². The predicted octanol–water partition coefficient (Wildman–Crippen LogP) is 7.07. The second-order valence-corrected chi connectivity index (χ2v) is 9.64. The number of esters is 1. The van der Waals surface area contributed by atoms with E-state index in [4.69, 9.17) is 9.72 Å². The first-order valence-electron chi connectivity index (χ1n) is 13.1. The molecule has 0 spiro atoms. The van der Waals surface area contributed by atoms with Crippen LogP contribution in [0.25, 0.3) is 22.2 Å². The van der Waals surface area contributed by atoms with E-state index in [2.05, 4.69) is 17.6 Å². The van der Waals surface area contributed by atoms with Gasteiger partial charge in [0.1, 0.15) is 12.3 Å². The van der Waals surface area contributed by atoms with Crippen molar-refractivity contribution in [2.24, 2.45) is 0 Å². The summed E-state index contributed by atoms with van der Waals surface area (Å²) in [6, 6.07) is 28.5. The minimum Gasteiger partial charge on any atom is -0.478 e. The number of carboxylic acids is 1. The first-order chi connectivity index (χ1) is 18.9. The van der Waals surface area contributed by atoms with Crippen molar-refractivity contribution in [3.05, 3.63) is 125 Å². The number of nitrogens with zero attached hydrogens (tertiary/aromatic N) is 2. The zero-order chi connectivity index (χ0) is 27.4. The second-order valence-electron chi connectivity index (χ2n) is 9.64. The van der Waals surface area contributed by atoms with Crippen molar-refractivity contribution in [3.63, 3.8) is 0 Å². The molecule has 39 heavy (non-hydrogen) atoms. The molecule has 0 aliphatic heterocycles. The van der Waals surface area contributed by atoms with Crippen molar-refractivity contribution in [1.29, 1.82) is 0 Å². The maximum absolute atomic E-state index is 12.9. The zero-order valence-electron chi connectivity index (χ0n) is 22.1. The number of carbonyl (C=O) groups is 2. The molecule has 0 amide bonds. The van der Waals surface area contributed by atoms with Gasteiger partial charge in [-0.3, -0.25) is 0 Å². The number of benzene rings is 3. The van der Waals surface area contributed by atoms with Crippen molar-refractivity contribution in [1.82, 2.24) is 9.55 Å². The van der Waals surface area contributed by atoms with Gasteiger partial charge in [0.15, 0.2) is 5.69 Å². The largest absolute Gasteiger partial charge is 0.478 e. The third-order valence-electron chi connectivity index (χ3n) is 6.85. The molecule has 0 atom stereocenters. The summed E-state index contributed by atoms with van der Waals surface area (Å²) in [5, 5.41) is 10.6. The van der Waals surface area contributed by atoms with Crippen LogP contribution in [0.3, 0.4) is 0 Å². The highest BCUT2D eigenvalue weighted by Crippen LogP contribution is 2.27. The number of hydrogen-bond acceptors (Lipinski definition) is 4. The van der Waals surface area contributed by atoms with E-state index in [1.165, 1.54) is 0 Å². The number of aryl methyl sites for hydroxylation is 2. The molecule has 5 aromatic rings. The monoisotopic (exact) mass is 518 g/mol. The van der Waals surface area contributed by atoms with E-state index in [9.17, 15) is 14.7 Å². The van der Waals surface area contributed by atoms with Crippen LogP contribution in [0, 0.1) is 6.92 Å². The number of aromatic nitrogens is 2. The Kier molecular flexibility index (Phi) is 7.55. The third-order valence-corrected chi connectivity index (χ3v) is 6.85. The number of carbonyl (C=O) groups excluding carboxylic acids is 1. The standard InChI is InChI=1S/C33H30N2O4/c1-3-9-26-19-29-22(2)18-30(33(38)39-21-24-10-5-4-6-11-24)34-31(29)35(26)20-23-14-16-25(17-15-23)27-12-7-8-13-28(27)32(36)37/h4-8,10-19H,3,9,20-21H2,1-2H3,(H,36,37). The van der Waals surface area contributed by atoms with Gasteiger partial charge in [0.2, 0.25) is 0 Å². The smallest absolute Gasteiger partial charge is 0.357 e. The van der Waals surface area contributed by atoms with Crippen LogP contribution in [0.5, 0.6) is 0 Å². The molecule has 5 rings (SSSR count). The minimum absolute atomic E-state index is 0.192. The summed E-state index contributed by atoms with van der Waals surface area (Å²) in [5.41, 5.74) is 6.96. The Morgan fingerprint density at radius 1 is 0.897 bits per heavy atom. The number of ether oxygens (including phenoxy) is 1. The number of pyridine rings is 1. The second kappa shape index (κ2) is 11.4. The maximum atomic E-state index is 12.9. The van der Waals surface area contributed by atoms with E-state index in [0.29, 0.717) is 17.8 Å². The number of fused-ring (bicyclic) bond motifs is 1. The van der Waals surface area contributed by atoms with Gasteiger partial charge in [-0.2, -0.15) is 0 Å². The fourth-order valence-electron chi connectivity index (χ4n) is 4.87. The number of aromatic carboxylic acids is 1. The first kappa shape index (κ1) is 25.9. The van der Waals surface area contributed by atoms with Crippen molar-refractivity contribution >= 4 is 23.0 Å². The highest BCUT2D eigenvalue weighted by Gasteiger charge is 2.18. The molecule has 6 nitrogen and oxygen atoms in total. The van der Waals surface area contributed by atoms with Crippen LogP contribution in [-0.2, 0) is 24.3 Å². The van der Waals surface area contributed by atoms with Crippen LogP contribution in [-0.4, -0.2) is 26.6 Å². The van der Waals surface area contributed by atoms with Crippen molar-refractivity contribution < 1.29 is 19.4 Å². The molecular formula is C33H30N2O4. The van der Waals surface area contributed by atoms with Crippen molar-refractivity contribution in [3.8, 4) is 11.1 Å². The summed E-state index contributed by atoms with van der Waals surface area (Å²) in [6.45, 7) is 4.91. The molecule has 3 aromatic carbocycles. The zero-order valence-corrected chi connectivity index (χ0v) is 22.1. The van der Waals surface area contributed by atoms with E-state index in [-0.39, 0.29) is 12.2 Å². The molecule has 0 radical (unpaired) electrons. The van der Waals surface area contributed by atoms with Crippen LogP contribution in [0.1, 0.15) is 56.6 Å². The highest BCUT2D eigenvalue weighted by molar-refractivity contribution is 5.96. The van der Waals surface area contributed by atoms with Gasteiger partial charge in [0, 0.05) is 17.6 Å². The normalized spacial score (nSPS) is 11.0. The molecule has 0 fully saturated rings. The van der Waals surface area contributed by atoms with Crippen LogP contribution in [0.2, 0.25) is 0 Å². The Hall–Kier alpha value is -4.71. The SMILES string of the molecule is CCCc1cc2c(C)cc(C(=O)OCc3ccccc3)nc2n1Cc1ccc(-c2ccccc2C(=O)O)cc1. The molecule has 0 aliphatic carbocycles. The summed E-state index contributed by atoms with van der Waals surface area (Å²) in [7, 11) is 0. The Labute approximate surface area is 227 Å². The summed E-state index contributed by atoms with van der Waals surface area (Å²) in [5.74, 6) is -1.40. The van der Waals surface area contributed by atoms with E-state index >= 15 is 0 Å². The molecule has 0 saturated carbocycles. The lowest BCUT2D eigenvalue weighted by atomic mass is 9.99. The molecule has 0 bridgehead atoms. The summed E-state index contributed by atoms with van der Waals surface area (Å²) >= 11 is 0. The van der Waals surface area contributed by atoms with E-state index in [1.54, 1.807) is 18.2 Å². The Morgan fingerprint density at radius 2 is 1.62 bits per heavy atom. The lowest BCUT2D eigenvalue weighted by Gasteiger charge is -2.12. The average molecular weight is 519 g/mol. The van der Waals surface area contributed by atoms with Gasteiger partial charge < -0.3 is 14.4 Å². The first-order valence-corrected chi connectivity index (χ1v) is 13.1. The van der Waals surface area contributed by atoms with Crippen LogP contribution >= 0.6 is 0 Å². The van der Waals surface area contributed by atoms with Crippen LogP contribution in [0.15, 0.2) is 91.0 Å². The summed E-state index contributed by atoms with van der Waals surface area (Å²) < 4.78 is 7.73. The quantitative estimate of drug-likeness (QED) is 0.211. The van der Waals surface area contributed by atoms with Gasteiger partial charge in [0.05, 0.1) is 5.56 Å². The Bertz CT molecular complexity index is 1640. The van der Waals surface area contributed by atoms with Crippen LogP contribution < -0.4 is 0 Å². The lowest BCUT2D eigenvalue weighted by Crippen LogP contribution is -2.10. The van der Waals surface area contributed by atoms with Gasteiger partial charge >= 0.3 is 11.9 Å². The maximum Gasteiger partial charge on any atom is 0.357 e. The Balaban J connectivity index is 1.45. The molecule has 0 aliphatic rings. The fraction of sp³-hybridized carbons (Fsp3) is 0.182. The van der Waals surface area contributed by atoms with Gasteiger partial charge in [-0.15, -0.1) is 0 Å². The molecule has 196 valence electrons. The van der Waals surface area contributed by atoms with Gasteiger partial charge in [-0.05, 0) is 59.4 Å². The molecule has 6 heteroatoms. The summed E-state index contributed by atoms with van der Waals surface area (Å²) in [4.78, 5) is 29.4. The molecule has 0 saturated heterocycles. The van der Waals surface area contributed by atoms with Crippen molar-refractivity contribution in [2.75, 3.05) is 0 Å². The number of hydrogen-bond donors (Lipinski definition) is 1. The van der Waals surface area contributed by atoms with Gasteiger partial charge in [-0.25, -0.2) is 14.6 Å². The molecule has 1 N–H and O–H groups in total. The molecule has 2 heterocycles. The number of carboxylic acid groups (broad SMARTS) is 1. The van der Waals surface area contributed by atoms with E-state index in [1.807, 2.05) is 73.7 Å². The highest BCUT2D eigenvalue weighted by atomic mass is 16.5. The van der Waals surface area contributed by atoms with Gasteiger partial charge in [0.25, 0.3) is 0 Å². The molecule has 2 aromatic heterocycles. The predicted molar refractivity (Wildman–Crippen MR) is 152 cm³/mol. The minimum atomic E-state index is -0.947. The third kappa shape index (κ3) is 5.60. The Morgan fingerprint density at radius 3 is 2.33 bits per heavy atom. The topological polar surface area (TPSA) is 81.4 Å². The average Bonchev–Trinajstić information content (AvgIpc) is 3.30. The molecular weight excluding hydrogens is 488 g/mol. The van der Waals surface area contributed by atoms with Gasteiger partial charge in [-0.1, -0.05) is 86.1 Å². The molecule has 0 unspecified atom stereocenters.